The first-order chi connectivity index (χ1) is 14.0. The molecule has 2 heterocycles. The molecule has 1 aliphatic heterocycles. The minimum absolute atomic E-state index is 0.152. The van der Waals surface area contributed by atoms with Crippen LogP contribution in [0.25, 0.3) is 10.1 Å². The Morgan fingerprint density at radius 3 is 2.93 bits per heavy atom. The highest BCUT2D eigenvalue weighted by Gasteiger charge is 2.21. The molecule has 0 amide bonds. The van der Waals surface area contributed by atoms with Crippen molar-refractivity contribution in [2.24, 2.45) is 10.9 Å². The van der Waals surface area contributed by atoms with Crippen molar-refractivity contribution < 1.29 is 9.84 Å². The van der Waals surface area contributed by atoms with Crippen LogP contribution in [-0.2, 0) is 4.74 Å². The number of hydrogen-bond acceptors (Lipinski definition) is 5. The van der Waals surface area contributed by atoms with E-state index in [1.165, 1.54) is 10.1 Å². The molecule has 29 heavy (non-hydrogen) atoms. The van der Waals surface area contributed by atoms with Crippen molar-refractivity contribution in [1.29, 1.82) is 0 Å². The van der Waals surface area contributed by atoms with Gasteiger partial charge in [0.2, 0.25) is 0 Å². The number of guanidine groups is 1. The highest BCUT2D eigenvalue weighted by atomic mass is 32.1. The number of nitrogens with zero attached hydrogens (tertiary/aromatic N) is 2. The molecule has 0 bridgehead atoms. The summed E-state index contributed by atoms with van der Waals surface area (Å²) in [6.07, 6.45) is -0.450. The number of nitrogens with one attached hydrogen (secondary N) is 2. The van der Waals surface area contributed by atoms with Gasteiger partial charge in [-0.15, -0.1) is 11.3 Å². The average molecular weight is 419 g/mol. The predicted molar refractivity (Wildman–Crippen MR) is 122 cm³/mol. The molecule has 1 aromatic carbocycles. The van der Waals surface area contributed by atoms with Gasteiger partial charge in [0.05, 0.1) is 19.3 Å². The molecule has 3 rings (SSSR count). The van der Waals surface area contributed by atoms with Crippen molar-refractivity contribution >= 4 is 27.4 Å². The first kappa shape index (κ1) is 22.0. The maximum Gasteiger partial charge on any atom is 0.191 e. The van der Waals surface area contributed by atoms with Gasteiger partial charge in [-0.05, 0) is 30.4 Å². The summed E-state index contributed by atoms with van der Waals surface area (Å²) in [6, 6.07) is 10.3. The van der Waals surface area contributed by atoms with Crippen molar-refractivity contribution in [3.05, 3.63) is 35.2 Å². The maximum atomic E-state index is 10.6. The van der Waals surface area contributed by atoms with Crippen LogP contribution in [0.1, 0.15) is 31.8 Å². The van der Waals surface area contributed by atoms with E-state index in [0.29, 0.717) is 19.0 Å². The molecule has 0 saturated carbocycles. The lowest BCUT2D eigenvalue weighted by Gasteiger charge is -2.34. The predicted octanol–water partition coefficient (Wildman–Crippen LogP) is 2.85. The summed E-state index contributed by atoms with van der Waals surface area (Å²) >= 11 is 1.63. The van der Waals surface area contributed by atoms with Gasteiger partial charge in [-0.3, -0.25) is 9.89 Å². The number of aliphatic imine (C=N–C) groups is 1. The van der Waals surface area contributed by atoms with E-state index in [4.69, 9.17) is 4.74 Å². The molecule has 6 nitrogen and oxygen atoms in total. The molecule has 1 aliphatic rings. The van der Waals surface area contributed by atoms with Crippen LogP contribution in [-0.4, -0.2) is 67.9 Å². The fraction of sp³-hybridized carbons (Fsp3) is 0.591. The van der Waals surface area contributed by atoms with Gasteiger partial charge in [0.1, 0.15) is 6.10 Å². The van der Waals surface area contributed by atoms with Crippen LogP contribution in [0, 0.1) is 5.92 Å². The topological polar surface area (TPSA) is 69.1 Å². The Labute approximate surface area is 178 Å². The molecule has 0 aliphatic carbocycles. The minimum atomic E-state index is -0.602. The number of aliphatic hydroxyl groups is 1. The third-order valence-electron chi connectivity index (χ3n) is 4.88. The number of thiophene rings is 1. The fourth-order valence-electron chi connectivity index (χ4n) is 3.57. The van der Waals surface area contributed by atoms with Crippen LogP contribution in [0.2, 0.25) is 0 Å². The Balaban J connectivity index is 1.53. The van der Waals surface area contributed by atoms with Gasteiger partial charge in [-0.25, -0.2) is 0 Å². The van der Waals surface area contributed by atoms with Gasteiger partial charge < -0.3 is 20.5 Å². The molecular formula is C22H34N4O2S. The van der Waals surface area contributed by atoms with Crippen molar-refractivity contribution in [2.75, 3.05) is 45.9 Å². The highest BCUT2D eigenvalue weighted by Crippen LogP contribution is 2.29. The van der Waals surface area contributed by atoms with Crippen molar-refractivity contribution in [2.45, 2.75) is 33.0 Å². The summed E-state index contributed by atoms with van der Waals surface area (Å²) in [7, 11) is 0. The van der Waals surface area contributed by atoms with E-state index in [1.807, 2.05) is 19.1 Å². The molecule has 160 valence electrons. The minimum Gasteiger partial charge on any atom is -0.386 e. The number of hydrogen-bond donors (Lipinski definition) is 3. The van der Waals surface area contributed by atoms with E-state index < -0.39 is 6.10 Å². The van der Waals surface area contributed by atoms with Crippen molar-refractivity contribution in [1.82, 2.24) is 15.5 Å². The van der Waals surface area contributed by atoms with Gasteiger partial charge in [0, 0.05) is 42.3 Å². The molecule has 3 N–H and O–H groups in total. The zero-order chi connectivity index (χ0) is 20.6. The normalized spacial score (nSPS) is 19.6. The van der Waals surface area contributed by atoms with Gasteiger partial charge in [0.15, 0.2) is 5.96 Å². The van der Waals surface area contributed by atoms with E-state index in [0.717, 1.165) is 43.6 Å². The Morgan fingerprint density at radius 2 is 2.17 bits per heavy atom. The number of aliphatic hydroxyl groups excluding tert-OH is 1. The summed E-state index contributed by atoms with van der Waals surface area (Å²) in [5.41, 5.74) is 0. The SMILES string of the molecule is CCNC(=NCC(O)c1cc2ccccc2s1)NCC1CN(CC(C)C)CCO1. The lowest BCUT2D eigenvalue weighted by molar-refractivity contribution is -0.0284. The van der Waals surface area contributed by atoms with Gasteiger partial charge in [0.25, 0.3) is 0 Å². The number of benzene rings is 1. The van der Waals surface area contributed by atoms with Gasteiger partial charge in [-0.2, -0.15) is 0 Å². The van der Waals surface area contributed by atoms with E-state index in [2.05, 4.69) is 52.6 Å². The Kier molecular flexibility index (Phi) is 8.29. The largest absolute Gasteiger partial charge is 0.386 e. The first-order valence-corrected chi connectivity index (χ1v) is 11.4. The molecule has 2 unspecified atom stereocenters. The molecule has 1 aromatic heterocycles. The van der Waals surface area contributed by atoms with Gasteiger partial charge >= 0.3 is 0 Å². The fourth-order valence-corrected chi connectivity index (χ4v) is 4.61. The maximum absolute atomic E-state index is 10.6. The quantitative estimate of drug-likeness (QED) is 0.454. The molecule has 1 saturated heterocycles. The average Bonchev–Trinajstić information content (AvgIpc) is 3.14. The molecule has 2 aromatic rings. The highest BCUT2D eigenvalue weighted by molar-refractivity contribution is 7.19. The van der Waals surface area contributed by atoms with Crippen LogP contribution >= 0.6 is 11.3 Å². The van der Waals surface area contributed by atoms with E-state index in [1.54, 1.807) is 11.3 Å². The summed E-state index contributed by atoms with van der Waals surface area (Å²) < 4.78 is 7.10. The van der Waals surface area contributed by atoms with Crippen LogP contribution in [0.15, 0.2) is 35.3 Å². The van der Waals surface area contributed by atoms with Crippen LogP contribution < -0.4 is 10.6 Å². The third kappa shape index (κ3) is 6.67. The monoisotopic (exact) mass is 418 g/mol. The number of fused-ring (bicyclic) bond motifs is 1. The van der Waals surface area contributed by atoms with Crippen molar-refractivity contribution in [3.63, 3.8) is 0 Å². The molecule has 0 spiro atoms. The van der Waals surface area contributed by atoms with Crippen LogP contribution in [0.3, 0.4) is 0 Å². The van der Waals surface area contributed by atoms with Crippen LogP contribution in [0.4, 0.5) is 0 Å². The van der Waals surface area contributed by atoms with E-state index in [-0.39, 0.29) is 6.10 Å². The molecule has 7 heteroatoms. The van der Waals surface area contributed by atoms with E-state index in [9.17, 15) is 5.11 Å². The number of morpholine rings is 1. The van der Waals surface area contributed by atoms with Crippen LogP contribution in [0.5, 0.6) is 0 Å². The lowest BCUT2D eigenvalue weighted by atomic mass is 10.2. The summed E-state index contributed by atoms with van der Waals surface area (Å²) in [4.78, 5) is 8.01. The smallest absolute Gasteiger partial charge is 0.191 e. The standard InChI is InChI=1S/C22H34N4O2S/c1-4-23-22(24-12-18-15-26(9-10-28-18)14-16(2)3)25-13-19(27)21-11-17-7-5-6-8-20(17)29-21/h5-8,11,16,18-19,27H,4,9-10,12-15H2,1-3H3,(H2,23,24,25). The Bertz CT molecular complexity index is 759. The summed E-state index contributed by atoms with van der Waals surface area (Å²) in [5, 5.41) is 18.4. The van der Waals surface area contributed by atoms with Gasteiger partial charge in [-0.1, -0.05) is 32.0 Å². The zero-order valence-electron chi connectivity index (χ0n) is 17.7. The lowest BCUT2D eigenvalue weighted by Crippen LogP contribution is -2.50. The summed E-state index contributed by atoms with van der Waals surface area (Å²) in [6.45, 7) is 12.2. The molecular weight excluding hydrogens is 384 g/mol. The number of ether oxygens (including phenoxy) is 1. The second-order valence-electron chi connectivity index (χ2n) is 7.95. The van der Waals surface area contributed by atoms with Crippen molar-refractivity contribution in [3.8, 4) is 0 Å². The zero-order valence-corrected chi connectivity index (χ0v) is 18.5. The van der Waals surface area contributed by atoms with E-state index >= 15 is 0 Å². The number of rotatable bonds is 8. The summed E-state index contributed by atoms with van der Waals surface area (Å²) in [5.74, 6) is 1.38. The Hall–Kier alpha value is -1.67. The Morgan fingerprint density at radius 1 is 1.34 bits per heavy atom. The molecule has 2 atom stereocenters. The second kappa shape index (κ2) is 10.9. The second-order valence-corrected chi connectivity index (χ2v) is 9.06. The molecule has 1 fully saturated rings. The molecule has 0 radical (unpaired) electrons. The third-order valence-corrected chi connectivity index (χ3v) is 6.10. The first-order valence-electron chi connectivity index (χ1n) is 10.6.